The van der Waals surface area contributed by atoms with E-state index in [4.69, 9.17) is 5.11 Å². The lowest BCUT2D eigenvalue weighted by atomic mass is 10.1. The number of benzene rings is 1. The van der Waals surface area contributed by atoms with Crippen molar-refractivity contribution in [1.29, 1.82) is 0 Å². The van der Waals surface area contributed by atoms with E-state index in [1.807, 2.05) is 0 Å². The van der Waals surface area contributed by atoms with E-state index in [0.29, 0.717) is 0 Å². The molecule has 8 heteroatoms. The number of carbonyl (C=O) groups is 2. The standard InChI is InChI=1S/C13H15F3N2O3/c1-8-9(13(14,15)16)4-3-5-10(8)17-12(21)18(2)7-6-11(19)20/h3-5H,6-7H2,1-2H3,(H,17,21)(H,19,20). The minimum absolute atomic E-state index is 0.0389. The third-order valence-corrected chi connectivity index (χ3v) is 2.89. The Balaban J connectivity index is 2.84. The Morgan fingerprint density at radius 3 is 2.48 bits per heavy atom. The molecule has 0 saturated carbocycles. The first kappa shape index (κ1) is 16.8. The van der Waals surface area contributed by atoms with Gasteiger partial charge in [0.1, 0.15) is 0 Å². The first-order chi connectivity index (χ1) is 9.62. The molecule has 0 aliphatic rings. The average molecular weight is 304 g/mol. The second-order valence-corrected chi connectivity index (χ2v) is 4.47. The fourth-order valence-electron chi connectivity index (χ4n) is 1.65. The van der Waals surface area contributed by atoms with Gasteiger partial charge in [0.05, 0.1) is 12.0 Å². The number of hydrogen-bond acceptors (Lipinski definition) is 2. The number of carboxylic acid groups (broad SMARTS) is 1. The topological polar surface area (TPSA) is 69.6 Å². The smallest absolute Gasteiger partial charge is 0.416 e. The highest BCUT2D eigenvalue weighted by Gasteiger charge is 2.33. The third-order valence-electron chi connectivity index (χ3n) is 2.89. The molecule has 0 aromatic heterocycles. The Labute approximate surface area is 119 Å². The predicted octanol–water partition coefficient (Wildman–Crippen LogP) is 2.95. The summed E-state index contributed by atoms with van der Waals surface area (Å²) in [5, 5.41) is 10.9. The van der Waals surface area contributed by atoms with Crippen LogP contribution in [0.4, 0.5) is 23.7 Å². The summed E-state index contributed by atoms with van der Waals surface area (Å²) in [6, 6.07) is 2.81. The van der Waals surface area contributed by atoms with Gasteiger partial charge in [-0.25, -0.2) is 4.79 Å². The minimum Gasteiger partial charge on any atom is -0.481 e. The molecule has 1 aromatic carbocycles. The minimum atomic E-state index is -4.50. The van der Waals surface area contributed by atoms with Crippen LogP contribution < -0.4 is 5.32 Å². The number of carbonyl (C=O) groups excluding carboxylic acids is 1. The van der Waals surface area contributed by atoms with Crippen molar-refractivity contribution in [2.75, 3.05) is 18.9 Å². The van der Waals surface area contributed by atoms with Gasteiger partial charge in [-0.2, -0.15) is 13.2 Å². The van der Waals surface area contributed by atoms with Crippen molar-refractivity contribution in [3.8, 4) is 0 Å². The lowest BCUT2D eigenvalue weighted by Crippen LogP contribution is -2.33. The van der Waals surface area contributed by atoms with Crippen molar-refractivity contribution in [1.82, 2.24) is 4.90 Å². The fourth-order valence-corrected chi connectivity index (χ4v) is 1.65. The number of aliphatic carboxylic acids is 1. The van der Waals surface area contributed by atoms with Gasteiger partial charge >= 0.3 is 18.2 Å². The average Bonchev–Trinajstić information content (AvgIpc) is 2.36. The molecular weight excluding hydrogens is 289 g/mol. The van der Waals surface area contributed by atoms with Crippen LogP contribution in [0.1, 0.15) is 17.5 Å². The van der Waals surface area contributed by atoms with Crippen molar-refractivity contribution in [2.45, 2.75) is 19.5 Å². The predicted molar refractivity (Wildman–Crippen MR) is 70.1 cm³/mol. The molecule has 0 radical (unpaired) electrons. The van der Waals surface area contributed by atoms with Crippen molar-refractivity contribution in [2.24, 2.45) is 0 Å². The largest absolute Gasteiger partial charge is 0.481 e. The van der Waals surface area contributed by atoms with Gasteiger partial charge in [-0.3, -0.25) is 4.79 Å². The van der Waals surface area contributed by atoms with Gasteiger partial charge in [0.15, 0.2) is 0 Å². The molecule has 0 atom stereocenters. The third kappa shape index (κ3) is 4.66. The maximum atomic E-state index is 12.7. The number of urea groups is 1. The van der Waals surface area contributed by atoms with Crippen molar-refractivity contribution >= 4 is 17.7 Å². The van der Waals surface area contributed by atoms with E-state index in [0.717, 1.165) is 11.0 Å². The summed E-state index contributed by atoms with van der Waals surface area (Å²) >= 11 is 0. The monoisotopic (exact) mass is 304 g/mol. The maximum Gasteiger partial charge on any atom is 0.416 e. The molecule has 0 aliphatic carbocycles. The molecule has 0 aliphatic heterocycles. The molecule has 0 heterocycles. The number of nitrogens with zero attached hydrogens (tertiary/aromatic N) is 1. The van der Waals surface area contributed by atoms with Gasteiger partial charge in [0.2, 0.25) is 0 Å². The number of carboxylic acids is 1. The van der Waals surface area contributed by atoms with Gasteiger partial charge in [-0.05, 0) is 24.6 Å². The van der Waals surface area contributed by atoms with Crippen LogP contribution in [0, 0.1) is 6.92 Å². The molecule has 0 bridgehead atoms. The molecule has 0 saturated heterocycles. The second kappa shape index (κ2) is 6.47. The second-order valence-electron chi connectivity index (χ2n) is 4.47. The first-order valence-corrected chi connectivity index (χ1v) is 6.03. The molecule has 2 amide bonds. The summed E-state index contributed by atoms with van der Waals surface area (Å²) < 4.78 is 38.2. The maximum absolute atomic E-state index is 12.7. The lowest BCUT2D eigenvalue weighted by Gasteiger charge is -2.19. The summed E-state index contributed by atoms with van der Waals surface area (Å²) in [5.74, 6) is -1.06. The van der Waals surface area contributed by atoms with Gasteiger partial charge < -0.3 is 15.3 Å². The molecular formula is C13H15F3N2O3. The summed E-state index contributed by atoms with van der Waals surface area (Å²) in [6.07, 6.45) is -4.74. The highest BCUT2D eigenvalue weighted by atomic mass is 19.4. The van der Waals surface area contributed by atoms with Crippen LogP contribution in [0.3, 0.4) is 0 Å². The van der Waals surface area contributed by atoms with Gasteiger partial charge in [-0.15, -0.1) is 0 Å². The highest BCUT2D eigenvalue weighted by Crippen LogP contribution is 2.34. The highest BCUT2D eigenvalue weighted by molar-refractivity contribution is 5.90. The van der Waals surface area contributed by atoms with Gasteiger partial charge in [0, 0.05) is 19.3 Å². The van der Waals surface area contributed by atoms with Crippen LogP contribution in [-0.2, 0) is 11.0 Å². The normalized spacial score (nSPS) is 11.1. The summed E-state index contributed by atoms with van der Waals surface area (Å²) in [6.45, 7) is 1.22. The van der Waals surface area contributed by atoms with Crippen LogP contribution >= 0.6 is 0 Å². The van der Waals surface area contributed by atoms with Gasteiger partial charge in [-0.1, -0.05) is 6.07 Å². The molecule has 0 spiro atoms. The van der Waals surface area contributed by atoms with Crippen molar-refractivity contribution < 1.29 is 27.9 Å². The van der Waals surface area contributed by atoms with Crippen molar-refractivity contribution in [3.05, 3.63) is 29.3 Å². The number of nitrogens with one attached hydrogen (secondary N) is 1. The van der Waals surface area contributed by atoms with E-state index in [2.05, 4.69) is 5.32 Å². The van der Waals surface area contributed by atoms with Crippen LogP contribution in [0.25, 0.3) is 0 Å². The number of amides is 2. The van der Waals surface area contributed by atoms with Crippen LogP contribution in [0.15, 0.2) is 18.2 Å². The number of hydrogen-bond donors (Lipinski definition) is 2. The van der Waals surface area contributed by atoms with E-state index in [1.165, 1.54) is 26.1 Å². The van der Waals surface area contributed by atoms with Crippen LogP contribution in [0.5, 0.6) is 0 Å². The van der Waals surface area contributed by atoms with E-state index < -0.39 is 23.7 Å². The quantitative estimate of drug-likeness (QED) is 0.898. The number of halogens is 3. The Bertz CT molecular complexity index is 544. The van der Waals surface area contributed by atoms with E-state index in [-0.39, 0.29) is 24.2 Å². The molecule has 116 valence electrons. The number of alkyl halides is 3. The Hall–Kier alpha value is -2.25. The SMILES string of the molecule is Cc1c(NC(=O)N(C)CCC(=O)O)cccc1C(F)(F)F. The molecule has 5 nitrogen and oxygen atoms in total. The van der Waals surface area contributed by atoms with E-state index in [1.54, 1.807) is 0 Å². The summed E-state index contributed by atoms with van der Waals surface area (Å²) in [4.78, 5) is 23.3. The summed E-state index contributed by atoms with van der Waals surface area (Å²) in [5.41, 5.74) is -0.879. The summed E-state index contributed by atoms with van der Waals surface area (Å²) in [7, 11) is 1.36. The van der Waals surface area contributed by atoms with Crippen LogP contribution in [0.2, 0.25) is 0 Å². The zero-order chi connectivity index (χ0) is 16.2. The van der Waals surface area contributed by atoms with E-state index >= 15 is 0 Å². The molecule has 21 heavy (non-hydrogen) atoms. The van der Waals surface area contributed by atoms with E-state index in [9.17, 15) is 22.8 Å². The molecule has 0 fully saturated rings. The Morgan fingerprint density at radius 1 is 1.33 bits per heavy atom. The molecule has 0 unspecified atom stereocenters. The fraction of sp³-hybridized carbons (Fsp3) is 0.385. The zero-order valence-corrected chi connectivity index (χ0v) is 11.5. The first-order valence-electron chi connectivity index (χ1n) is 6.03. The molecule has 1 aromatic rings. The lowest BCUT2D eigenvalue weighted by molar-refractivity contribution is -0.138. The number of anilines is 1. The number of rotatable bonds is 4. The van der Waals surface area contributed by atoms with Crippen molar-refractivity contribution in [3.63, 3.8) is 0 Å². The molecule has 2 N–H and O–H groups in total. The molecule has 1 rings (SSSR count). The Kier molecular flexibility index (Phi) is 5.17. The van der Waals surface area contributed by atoms with Gasteiger partial charge in [0.25, 0.3) is 0 Å². The zero-order valence-electron chi connectivity index (χ0n) is 11.5. The Morgan fingerprint density at radius 2 is 1.95 bits per heavy atom. The van der Waals surface area contributed by atoms with Crippen LogP contribution in [-0.4, -0.2) is 35.6 Å².